The predicted molar refractivity (Wildman–Crippen MR) is 97.4 cm³/mol. The van der Waals surface area contributed by atoms with E-state index in [1.807, 2.05) is 36.4 Å². The molecule has 3 heteroatoms. The topological polar surface area (TPSA) is 38.3 Å². The van der Waals surface area contributed by atoms with Crippen molar-refractivity contribution in [2.24, 2.45) is 0 Å². The maximum absolute atomic E-state index is 12.0. The van der Waals surface area contributed by atoms with E-state index < -0.39 is 0 Å². The fraction of sp³-hybridized carbons (Fsp3) is 0.190. The number of ether oxygens (including phenoxy) is 1. The first kappa shape index (κ1) is 16.1. The third-order valence-corrected chi connectivity index (χ3v) is 4.07. The van der Waals surface area contributed by atoms with Gasteiger partial charge in [0.2, 0.25) is 5.91 Å². The van der Waals surface area contributed by atoms with Crippen molar-refractivity contribution < 1.29 is 9.53 Å². The fourth-order valence-electron chi connectivity index (χ4n) is 2.73. The lowest BCUT2D eigenvalue weighted by Gasteiger charge is -2.07. The molecule has 1 amide bonds. The maximum atomic E-state index is 12.0. The van der Waals surface area contributed by atoms with Crippen molar-refractivity contribution in [1.29, 1.82) is 0 Å². The Bertz CT molecular complexity index is 825. The lowest BCUT2D eigenvalue weighted by atomic mass is 10.1. The van der Waals surface area contributed by atoms with Crippen LogP contribution in [0.4, 0.5) is 0 Å². The minimum absolute atomic E-state index is 0.0426. The van der Waals surface area contributed by atoms with E-state index in [4.69, 9.17) is 4.74 Å². The molecule has 24 heavy (non-hydrogen) atoms. The van der Waals surface area contributed by atoms with Crippen molar-refractivity contribution in [2.45, 2.75) is 12.8 Å². The molecular weight excluding hydrogens is 298 g/mol. The van der Waals surface area contributed by atoms with Gasteiger partial charge in [-0.2, -0.15) is 0 Å². The van der Waals surface area contributed by atoms with Crippen molar-refractivity contribution in [3.8, 4) is 5.75 Å². The van der Waals surface area contributed by atoms with Crippen LogP contribution in [0.3, 0.4) is 0 Å². The highest BCUT2D eigenvalue weighted by Gasteiger charge is 2.04. The summed E-state index contributed by atoms with van der Waals surface area (Å²) in [5.74, 6) is 0.844. The summed E-state index contributed by atoms with van der Waals surface area (Å²) in [5, 5.41) is 5.46. The summed E-state index contributed by atoms with van der Waals surface area (Å²) in [5.41, 5.74) is 2.22. The number of benzene rings is 3. The second kappa shape index (κ2) is 7.64. The van der Waals surface area contributed by atoms with Crippen LogP contribution in [0.25, 0.3) is 10.8 Å². The zero-order valence-corrected chi connectivity index (χ0v) is 13.8. The lowest BCUT2D eigenvalue weighted by Crippen LogP contribution is -2.27. The molecule has 0 saturated heterocycles. The molecule has 3 aromatic carbocycles. The Kier molecular flexibility index (Phi) is 5.12. The highest BCUT2D eigenvalue weighted by atomic mass is 16.5. The zero-order valence-electron chi connectivity index (χ0n) is 13.8. The SMILES string of the molecule is COc1ccc(CC(=O)NCCc2ccc3ccccc3c2)cc1. The molecule has 0 spiro atoms. The average Bonchev–Trinajstić information content (AvgIpc) is 2.62. The van der Waals surface area contributed by atoms with Crippen LogP contribution in [0.1, 0.15) is 11.1 Å². The van der Waals surface area contributed by atoms with Crippen molar-refractivity contribution in [3.63, 3.8) is 0 Å². The molecule has 0 radical (unpaired) electrons. The third kappa shape index (κ3) is 4.13. The monoisotopic (exact) mass is 319 g/mol. The minimum atomic E-state index is 0.0426. The molecule has 0 bridgehead atoms. The number of hydrogen-bond acceptors (Lipinski definition) is 2. The molecule has 3 rings (SSSR count). The Balaban J connectivity index is 1.50. The Morgan fingerprint density at radius 3 is 2.38 bits per heavy atom. The number of carbonyl (C=O) groups is 1. The van der Waals surface area contributed by atoms with Gasteiger partial charge in [0, 0.05) is 6.54 Å². The van der Waals surface area contributed by atoms with Gasteiger partial charge in [0.1, 0.15) is 5.75 Å². The summed E-state index contributed by atoms with van der Waals surface area (Å²) >= 11 is 0. The number of fused-ring (bicyclic) bond motifs is 1. The zero-order chi connectivity index (χ0) is 16.8. The van der Waals surface area contributed by atoms with Crippen molar-refractivity contribution >= 4 is 16.7 Å². The van der Waals surface area contributed by atoms with Gasteiger partial charge in [0.25, 0.3) is 0 Å². The Morgan fingerprint density at radius 2 is 1.62 bits per heavy atom. The predicted octanol–water partition coefficient (Wildman–Crippen LogP) is 3.75. The summed E-state index contributed by atoms with van der Waals surface area (Å²) in [7, 11) is 1.63. The molecule has 3 nitrogen and oxygen atoms in total. The van der Waals surface area contributed by atoms with Crippen LogP contribution < -0.4 is 10.1 Å². The van der Waals surface area contributed by atoms with E-state index in [0.717, 1.165) is 17.7 Å². The Hall–Kier alpha value is -2.81. The van der Waals surface area contributed by atoms with Crippen molar-refractivity contribution in [3.05, 3.63) is 77.9 Å². The van der Waals surface area contributed by atoms with E-state index in [1.165, 1.54) is 16.3 Å². The molecule has 1 N–H and O–H groups in total. The number of amides is 1. The number of methoxy groups -OCH3 is 1. The molecule has 0 fully saturated rings. The van der Waals surface area contributed by atoms with Crippen LogP contribution in [-0.2, 0) is 17.6 Å². The first-order valence-corrected chi connectivity index (χ1v) is 8.12. The number of carbonyl (C=O) groups excluding carboxylic acids is 1. The normalized spacial score (nSPS) is 10.5. The molecule has 0 aromatic heterocycles. The van der Waals surface area contributed by atoms with E-state index in [9.17, 15) is 4.79 Å². The van der Waals surface area contributed by atoms with Crippen LogP contribution in [0, 0.1) is 0 Å². The minimum Gasteiger partial charge on any atom is -0.497 e. The van der Waals surface area contributed by atoms with E-state index in [0.29, 0.717) is 13.0 Å². The molecule has 0 saturated carbocycles. The molecule has 3 aromatic rings. The Labute approximate surface area is 142 Å². The van der Waals surface area contributed by atoms with Gasteiger partial charge in [0.05, 0.1) is 13.5 Å². The quantitative estimate of drug-likeness (QED) is 0.751. The maximum Gasteiger partial charge on any atom is 0.224 e. The summed E-state index contributed by atoms with van der Waals surface area (Å²) < 4.78 is 5.12. The molecule has 122 valence electrons. The van der Waals surface area contributed by atoms with Gasteiger partial charge >= 0.3 is 0 Å². The molecule has 0 unspecified atom stereocenters. The van der Waals surface area contributed by atoms with E-state index >= 15 is 0 Å². The van der Waals surface area contributed by atoms with Gasteiger partial charge in [-0.15, -0.1) is 0 Å². The number of hydrogen-bond donors (Lipinski definition) is 1. The van der Waals surface area contributed by atoms with Crippen LogP contribution >= 0.6 is 0 Å². The van der Waals surface area contributed by atoms with E-state index in [2.05, 4.69) is 35.6 Å². The summed E-state index contributed by atoms with van der Waals surface area (Å²) in [6.45, 7) is 0.646. The molecule has 0 aliphatic rings. The van der Waals surface area contributed by atoms with E-state index in [-0.39, 0.29) is 5.91 Å². The molecule has 0 aliphatic heterocycles. The summed E-state index contributed by atoms with van der Waals surface area (Å²) in [4.78, 5) is 12.0. The number of rotatable bonds is 6. The second-order valence-electron chi connectivity index (χ2n) is 5.81. The largest absolute Gasteiger partial charge is 0.497 e. The smallest absolute Gasteiger partial charge is 0.224 e. The van der Waals surface area contributed by atoms with Crippen molar-refractivity contribution in [2.75, 3.05) is 13.7 Å². The Morgan fingerprint density at radius 1 is 0.917 bits per heavy atom. The van der Waals surface area contributed by atoms with Crippen LogP contribution in [0.2, 0.25) is 0 Å². The standard InChI is InChI=1S/C21H21NO2/c1-24-20-10-7-16(8-11-20)15-21(23)22-13-12-17-6-9-18-4-2-3-5-19(18)14-17/h2-11,14H,12-13,15H2,1H3,(H,22,23). The van der Waals surface area contributed by atoms with Crippen molar-refractivity contribution in [1.82, 2.24) is 5.32 Å². The van der Waals surface area contributed by atoms with Crippen LogP contribution in [0.5, 0.6) is 5.75 Å². The van der Waals surface area contributed by atoms with Gasteiger partial charge < -0.3 is 10.1 Å². The highest BCUT2D eigenvalue weighted by Crippen LogP contribution is 2.16. The number of nitrogens with one attached hydrogen (secondary N) is 1. The van der Waals surface area contributed by atoms with Crippen LogP contribution in [0.15, 0.2) is 66.7 Å². The summed E-state index contributed by atoms with van der Waals surface area (Å²) in [6, 6.07) is 22.3. The molecule has 0 atom stereocenters. The third-order valence-electron chi connectivity index (χ3n) is 4.07. The van der Waals surface area contributed by atoms with Crippen LogP contribution in [-0.4, -0.2) is 19.6 Å². The molecule has 0 aliphatic carbocycles. The van der Waals surface area contributed by atoms with Gasteiger partial charge in [-0.3, -0.25) is 4.79 Å². The van der Waals surface area contributed by atoms with Gasteiger partial charge in [-0.25, -0.2) is 0 Å². The second-order valence-corrected chi connectivity index (χ2v) is 5.81. The van der Waals surface area contributed by atoms with E-state index in [1.54, 1.807) is 7.11 Å². The average molecular weight is 319 g/mol. The van der Waals surface area contributed by atoms with Gasteiger partial charge in [-0.05, 0) is 40.5 Å². The first-order valence-electron chi connectivity index (χ1n) is 8.12. The highest BCUT2D eigenvalue weighted by molar-refractivity contribution is 5.83. The first-order chi connectivity index (χ1) is 11.7. The van der Waals surface area contributed by atoms with Gasteiger partial charge in [0.15, 0.2) is 0 Å². The summed E-state index contributed by atoms with van der Waals surface area (Å²) in [6.07, 6.45) is 1.22. The van der Waals surface area contributed by atoms with Gasteiger partial charge in [-0.1, -0.05) is 54.6 Å². The fourth-order valence-corrected chi connectivity index (χ4v) is 2.73. The lowest BCUT2D eigenvalue weighted by molar-refractivity contribution is -0.120. The molecule has 0 heterocycles. The molecular formula is C21H21NO2.